The van der Waals surface area contributed by atoms with E-state index in [9.17, 15) is 10.2 Å². The van der Waals surface area contributed by atoms with Gasteiger partial charge in [-0.3, -0.25) is 0 Å². The van der Waals surface area contributed by atoms with Gasteiger partial charge in [-0.1, -0.05) is 17.7 Å². The van der Waals surface area contributed by atoms with E-state index in [-0.39, 0.29) is 17.8 Å². The smallest absolute Gasteiger partial charge is 0.134 e. The van der Waals surface area contributed by atoms with Crippen molar-refractivity contribution < 1.29 is 10.2 Å². The summed E-state index contributed by atoms with van der Waals surface area (Å²) in [4.78, 5) is 2.24. The number of nitrogens with zero attached hydrogens (tertiary/aromatic N) is 1. The van der Waals surface area contributed by atoms with Crippen molar-refractivity contribution in [3.8, 4) is 5.75 Å². The molecule has 0 saturated carbocycles. The minimum absolute atomic E-state index is 0.108. The zero-order valence-corrected chi connectivity index (χ0v) is 10.7. The van der Waals surface area contributed by atoms with Crippen LogP contribution in [-0.2, 0) is 6.42 Å². The number of benzene rings is 1. The summed E-state index contributed by atoms with van der Waals surface area (Å²) in [6, 6.07) is 5.25. The van der Waals surface area contributed by atoms with E-state index in [0.717, 1.165) is 31.5 Å². The predicted molar refractivity (Wildman–Crippen MR) is 68.4 cm³/mol. The normalized spacial score (nSPS) is 26.1. The number of phenolic OH excluding ortho intramolecular Hbond substituents is 1. The van der Waals surface area contributed by atoms with E-state index >= 15 is 0 Å². The Morgan fingerprint density at radius 3 is 2.94 bits per heavy atom. The second-order valence-electron chi connectivity index (χ2n) is 4.87. The fourth-order valence-corrected chi connectivity index (χ4v) is 2.59. The van der Waals surface area contributed by atoms with Crippen molar-refractivity contribution in [3.05, 3.63) is 28.8 Å². The van der Waals surface area contributed by atoms with Crippen LogP contribution in [0.4, 0.5) is 0 Å². The van der Waals surface area contributed by atoms with E-state index in [0.29, 0.717) is 5.02 Å². The summed E-state index contributed by atoms with van der Waals surface area (Å²) < 4.78 is 0. The Morgan fingerprint density at radius 1 is 1.47 bits per heavy atom. The van der Waals surface area contributed by atoms with Gasteiger partial charge in [0.2, 0.25) is 0 Å². The van der Waals surface area contributed by atoms with Crippen molar-refractivity contribution in [2.45, 2.75) is 18.9 Å². The number of hydrogen-bond acceptors (Lipinski definition) is 3. The topological polar surface area (TPSA) is 43.7 Å². The fourth-order valence-electron chi connectivity index (χ4n) is 2.38. The van der Waals surface area contributed by atoms with Gasteiger partial charge in [-0.2, -0.15) is 0 Å². The Bertz CT molecular complexity index is 397. The molecule has 0 amide bonds. The number of piperidine rings is 1. The van der Waals surface area contributed by atoms with E-state index in [1.54, 1.807) is 12.1 Å². The number of aliphatic hydroxyl groups is 1. The van der Waals surface area contributed by atoms with E-state index < -0.39 is 0 Å². The molecule has 1 heterocycles. The van der Waals surface area contributed by atoms with E-state index in [1.165, 1.54) is 0 Å². The maximum absolute atomic E-state index is 9.96. The first kappa shape index (κ1) is 12.7. The lowest BCUT2D eigenvalue weighted by Crippen LogP contribution is -2.41. The molecule has 1 aromatic carbocycles. The van der Waals surface area contributed by atoms with Gasteiger partial charge in [0, 0.05) is 19.0 Å². The van der Waals surface area contributed by atoms with Crippen LogP contribution >= 0.6 is 11.6 Å². The highest BCUT2D eigenvalue weighted by atomic mass is 35.5. The lowest BCUT2D eigenvalue weighted by Gasteiger charge is -2.34. The molecular formula is C13H18ClNO2. The van der Waals surface area contributed by atoms with Crippen LogP contribution < -0.4 is 0 Å². The van der Waals surface area contributed by atoms with Crippen LogP contribution in [0.1, 0.15) is 12.0 Å². The molecule has 4 heteroatoms. The Morgan fingerprint density at radius 2 is 2.24 bits per heavy atom. The second kappa shape index (κ2) is 5.25. The van der Waals surface area contributed by atoms with Crippen LogP contribution in [0.15, 0.2) is 18.2 Å². The van der Waals surface area contributed by atoms with Crippen molar-refractivity contribution in [2.75, 3.05) is 20.1 Å². The summed E-state index contributed by atoms with van der Waals surface area (Å²) in [7, 11) is 2.07. The highest BCUT2D eigenvalue weighted by Gasteiger charge is 2.26. The maximum Gasteiger partial charge on any atom is 0.134 e. The zero-order valence-electron chi connectivity index (χ0n) is 9.93. The summed E-state index contributed by atoms with van der Waals surface area (Å²) in [5.74, 6) is 0.353. The van der Waals surface area contributed by atoms with E-state index in [1.807, 2.05) is 6.07 Å². The predicted octanol–water partition coefficient (Wildman–Crippen LogP) is 1.90. The maximum atomic E-state index is 9.96. The van der Waals surface area contributed by atoms with E-state index in [2.05, 4.69) is 11.9 Å². The van der Waals surface area contributed by atoms with Crippen LogP contribution in [0.25, 0.3) is 0 Å². The van der Waals surface area contributed by atoms with Crippen molar-refractivity contribution in [2.24, 2.45) is 5.92 Å². The lowest BCUT2D eigenvalue weighted by atomic mass is 9.89. The van der Waals surface area contributed by atoms with Crippen molar-refractivity contribution in [1.29, 1.82) is 0 Å². The fraction of sp³-hybridized carbons (Fsp3) is 0.538. The van der Waals surface area contributed by atoms with Crippen molar-refractivity contribution in [3.63, 3.8) is 0 Å². The molecule has 2 unspecified atom stereocenters. The molecule has 0 bridgehead atoms. The summed E-state index contributed by atoms with van der Waals surface area (Å²) in [6.45, 7) is 1.85. The Hall–Kier alpha value is -0.770. The van der Waals surface area contributed by atoms with Gasteiger partial charge in [0.15, 0.2) is 0 Å². The highest BCUT2D eigenvalue weighted by molar-refractivity contribution is 6.32. The number of phenols is 1. The average molecular weight is 256 g/mol. The molecule has 17 heavy (non-hydrogen) atoms. The monoisotopic (exact) mass is 255 g/mol. The summed E-state index contributed by atoms with van der Waals surface area (Å²) in [5, 5.41) is 19.7. The minimum atomic E-state index is -0.237. The molecule has 0 spiro atoms. The van der Waals surface area contributed by atoms with Gasteiger partial charge >= 0.3 is 0 Å². The second-order valence-corrected chi connectivity index (χ2v) is 5.28. The third kappa shape index (κ3) is 3.12. The summed E-state index contributed by atoms with van der Waals surface area (Å²) in [5.41, 5.74) is 1.06. The van der Waals surface area contributed by atoms with Crippen molar-refractivity contribution in [1.82, 2.24) is 4.90 Å². The van der Waals surface area contributed by atoms with Gasteiger partial charge in [-0.05, 0) is 37.6 Å². The number of hydrogen-bond donors (Lipinski definition) is 2. The molecule has 1 aliphatic rings. The van der Waals surface area contributed by atoms with Crippen LogP contribution in [0.3, 0.4) is 0 Å². The molecule has 1 saturated heterocycles. The van der Waals surface area contributed by atoms with Crippen molar-refractivity contribution >= 4 is 11.6 Å². The van der Waals surface area contributed by atoms with Crippen LogP contribution in [0.2, 0.25) is 5.02 Å². The molecular weight excluding hydrogens is 238 g/mol. The number of aliphatic hydroxyl groups excluding tert-OH is 1. The molecule has 1 aliphatic heterocycles. The van der Waals surface area contributed by atoms with Crippen LogP contribution in [0, 0.1) is 5.92 Å². The van der Waals surface area contributed by atoms with Crippen LogP contribution in [-0.4, -0.2) is 41.4 Å². The summed E-state index contributed by atoms with van der Waals surface area (Å²) >= 11 is 5.87. The lowest BCUT2D eigenvalue weighted by molar-refractivity contribution is 0.0366. The first-order valence-electron chi connectivity index (χ1n) is 5.90. The minimum Gasteiger partial charge on any atom is -0.506 e. The zero-order chi connectivity index (χ0) is 12.4. The van der Waals surface area contributed by atoms with Crippen LogP contribution in [0.5, 0.6) is 5.75 Å². The highest BCUT2D eigenvalue weighted by Crippen LogP contribution is 2.27. The third-order valence-corrected chi connectivity index (χ3v) is 3.71. The van der Waals surface area contributed by atoms with Gasteiger partial charge in [0.25, 0.3) is 0 Å². The van der Waals surface area contributed by atoms with Gasteiger partial charge < -0.3 is 15.1 Å². The number of likely N-dealkylation sites (tertiary alicyclic amines) is 1. The average Bonchev–Trinajstić information content (AvgIpc) is 2.29. The first-order chi connectivity index (χ1) is 8.06. The largest absolute Gasteiger partial charge is 0.506 e. The van der Waals surface area contributed by atoms with E-state index in [4.69, 9.17) is 11.6 Å². The number of aromatic hydroxyl groups is 1. The molecule has 0 aromatic heterocycles. The molecule has 3 nitrogen and oxygen atoms in total. The quantitative estimate of drug-likeness (QED) is 0.848. The molecule has 2 rings (SSSR count). The molecule has 0 radical (unpaired) electrons. The Labute approximate surface area is 107 Å². The third-order valence-electron chi connectivity index (χ3n) is 3.41. The van der Waals surface area contributed by atoms with Gasteiger partial charge in [-0.25, -0.2) is 0 Å². The Kier molecular flexibility index (Phi) is 3.92. The molecule has 2 atom stereocenters. The SMILES string of the molecule is CN1CCC(O)C(Cc2ccc(O)c(Cl)c2)C1. The number of rotatable bonds is 2. The summed E-state index contributed by atoms with van der Waals surface area (Å²) in [6.07, 6.45) is 1.39. The molecule has 2 N–H and O–H groups in total. The molecule has 1 fully saturated rings. The van der Waals surface area contributed by atoms with Gasteiger partial charge in [0.05, 0.1) is 11.1 Å². The molecule has 1 aromatic rings. The van der Waals surface area contributed by atoms with Gasteiger partial charge in [-0.15, -0.1) is 0 Å². The molecule has 0 aliphatic carbocycles. The first-order valence-corrected chi connectivity index (χ1v) is 6.28. The Balaban J connectivity index is 2.06. The number of halogens is 1. The standard InChI is InChI=1S/C13H18ClNO2/c1-15-5-4-12(16)10(8-15)6-9-2-3-13(17)11(14)7-9/h2-3,7,10,12,16-17H,4-6,8H2,1H3. The van der Waals surface area contributed by atoms with Gasteiger partial charge in [0.1, 0.15) is 5.75 Å². The molecule has 94 valence electrons.